The standard InChI is InChI=1S/C22H25N5O3/c1-3-20(29)17(12-28)25-21-16(22(23)30)10-24-27-11-15(9-19(21)27)13-4-5-18-14(8-13)6-7-26(18)2/h4-11,17,20,25,28-29H,3,12H2,1-2H3,(H2,23,30). The van der Waals surface area contributed by atoms with Crippen LogP contribution in [0.3, 0.4) is 0 Å². The third-order valence-corrected chi connectivity index (χ3v) is 5.53. The Bertz CT molecular complexity index is 1230. The topological polar surface area (TPSA) is 118 Å². The van der Waals surface area contributed by atoms with E-state index in [1.54, 1.807) is 4.52 Å². The molecule has 0 spiro atoms. The molecule has 5 N–H and O–H groups in total. The van der Waals surface area contributed by atoms with Gasteiger partial charge in [-0.1, -0.05) is 13.0 Å². The van der Waals surface area contributed by atoms with E-state index in [1.165, 1.54) is 6.20 Å². The number of benzene rings is 1. The molecule has 2 unspecified atom stereocenters. The number of primary amides is 1. The zero-order valence-electron chi connectivity index (χ0n) is 16.9. The fourth-order valence-corrected chi connectivity index (χ4v) is 3.75. The minimum absolute atomic E-state index is 0.201. The molecule has 0 fully saturated rings. The predicted molar refractivity (Wildman–Crippen MR) is 116 cm³/mol. The number of aliphatic hydroxyl groups excluding tert-OH is 2. The fourth-order valence-electron chi connectivity index (χ4n) is 3.75. The van der Waals surface area contributed by atoms with Crippen LogP contribution in [0.1, 0.15) is 23.7 Å². The third-order valence-electron chi connectivity index (χ3n) is 5.53. The maximum Gasteiger partial charge on any atom is 0.252 e. The molecule has 30 heavy (non-hydrogen) atoms. The molecule has 2 atom stereocenters. The van der Waals surface area contributed by atoms with E-state index in [9.17, 15) is 15.0 Å². The van der Waals surface area contributed by atoms with Gasteiger partial charge in [0.25, 0.3) is 5.91 Å². The molecule has 0 radical (unpaired) electrons. The number of nitrogens with two attached hydrogens (primary N) is 1. The summed E-state index contributed by atoms with van der Waals surface area (Å²) in [7, 11) is 2.00. The zero-order valence-corrected chi connectivity index (χ0v) is 16.9. The van der Waals surface area contributed by atoms with E-state index in [2.05, 4.69) is 33.2 Å². The molecule has 1 amide bonds. The summed E-state index contributed by atoms with van der Waals surface area (Å²) in [6, 6.07) is 9.54. The highest BCUT2D eigenvalue weighted by Crippen LogP contribution is 2.31. The van der Waals surface area contributed by atoms with E-state index in [0.717, 1.165) is 22.0 Å². The number of hydrogen-bond acceptors (Lipinski definition) is 5. The monoisotopic (exact) mass is 407 g/mol. The van der Waals surface area contributed by atoms with E-state index in [-0.39, 0.29) is 12.2 Å². The number of fused-ring (bicyclic) bond motifs is 2. The van der Waals surface area contributed by atoms with Crippen LogP contribution in [-0.2, 0) is 7.05 Å². The van der Waals surface area contributed by atoms with Crippen LogP contribution in [0.5, 0.6) is 0 Å². The minimum Gasteiger partial charge on any atom is -0.394 e. The van der Waals surface area contributed by atoms with Gasteiger partial charge in [-0.25, -0.2) is 4.52 Å². The lowest BCUT2D eigenvalue weighted by Crippen LogP contribution is -2.37. The molecule has 0 aliphatic carbocycles. The van der Waals surface area contributed by atoms with E-state index < -0.39 is 18.1 Å². The molecule has 0 aliphatic heterocycles. The highest BCUT2D eigenvalue weighted by molar-refractivity contribution is 6.02. The van der Waals surface area contributed by atoms with Crippen molar-refractivity contribution in [1.29, 1.82) is 0 Å². The normalized spacial score (nSPS) is 13.6. The number of hydrogen-bond donors (Lipinski definition) is 4. The molecule has 0 saturated heterocycles. The van der Waals surface area contributed by atoms with Gasteiger partial charge in [-0.05, 0) is 36.2 Å². The molecular formula is C22H25N5O3. The van der Waals surface area contributed by atoms with Crippen molar-refractivity contribution in [3.05, 3.63) is 54.5 Å². The lowest BCUT2D eigenvalue weighted by molar-refractivity contribution is 0.0997. The summed E-state index contributed by atoms with van der Waals surface area (Å²) in [5.41, 5.74) is 9.91. The van der Waals surface area contributed by atoms with Crippen LogP contribution in [0.15, 0.2) is 48.9 Å². The van der Waals surface area contributed by atoms with Gasteiger partial charge in [0.1, 0.15) is 0 Å². The van der Waals surface area contributed by atoms with Gasteiger partial charge >= 0.3 is 0 Å². The van der Waals surface area contributed by atoms with Crippen molar-refractivity contribution in [2.75, 3.05) is 11.9 Å². The number of anilines is 1. The molecule has 8 heteroatoms. The highest BCUT2D eigenvalue weighted by atomic mass is 16.3. The summed E-state index contributed by atoms with van der Waals surface area (Å²) in [5.74, 6) is -0.636. The first-order chi connectivity index (χ1) is 14.4. The first kappa shape index (κ1) is 19.9. The number of aryl methyl sites for hydroxylation is 1. The molecule has 3 heterocycles. The van der Waals surface area contributed by atoms with Crippen LogP contribution < -0.4 is 11.1 Å². The van der Waals surface area contributed by atoms with Crippen molar-refractivity contribution in [1.82, 2.24) is 14.2 Å². The summed E-state index contributed by atoms with van der Waals surface area (Å²) < 4.78 is 3.72. The van der Waals surface area contributed by atoms with Crippen LogP contribution in [0.25, 0.3) is 27.5 Å². The van der Waals surface area contributed by atoms with Crippen molar-refractivity contribution < 1.29 is 15.0 Å². The van der Waals surface area contributed by atoms with Crippen LogP contribution in [0.4, 0.5) is 5.69 Å². The number of carbonyl (C=O) groups is 1. The SMILES string of the molecule is CCC(O)C(CO)Nc1c(C(N)=O)cnn2cc(-c3ccc4c(ccn4C)c3)cc12. The average Bonchev–Trinajstić information content (AvgIpc) is 3.34. The number of aromatic nitrogens is 3. The van der Waals surface area contributed by atoms with E-state index in [1.807, 2.05) is 38.5 Å². The van der Waals surface area contributed by atoms with Crippen molar-refractivity contribution in [3.8, 4) is 11.1 Å². The van der Waals surface area contributed by atoms with E-state index in [0.29, 0.717) is 17.6 Å². The zero-order chi connectivity index (χ0) is 21.4. The van der Waals surface area contributed by atoms with Crippen LogP contribution in [-0.4, -0.2) is 49.1 Å². The largest absolute Gasteiger partial charge is 0.394 e. The van der Waals surface area contributed by atoms with Crippen LogP contribution in [0.2, 0.25) is 0 Å². The first-order valence-corrected chi connectivity index (χ1v) is 9.85. The second-order valence-corrected chi connectivity index (χ2v) is 7.47. The summed E-state index contributed by atoms with van der Waals surface area (Å²) >= 11 is 0. The molecular weight excluding hydrogens is 382 g/mol. The Morgan fingerprint density at radius 1 is 1.23 bits per heavy atom. The number of nitrogens with zero attached hydrogens (tertiary/aromatic N) is 3. The number of carbonyl (C=O) groups excluding carboxylic acids is 1. The minimum atomic E-state index is -0.779. The Balaban J connectivity index is 1.83. The number of amides is 1. The highest BCUT2D eigenvalue weighted by Gasteiger charge is 2.22. The summed E-state index contributed by atoms with van der Waals surface area (Å²) in [5, 5.41) is 28.5. The second-order valence-electron chi connectivity index (χ2n) is 7.47. The summed E-state index contributed by atoms with van der Waals surface area (Å²) in [6.45, 7) is 1.53. The van der Waals surface area contributed by atoms with Crippen molar-refractivity contribution in [2.24, 2.45) is 12.8 Å². The Hall–Kier alpha value is -3.36. The van der Waals surface area contributed by atoms with Gasteiger partial charge in [0.05, 0.1) is 41.7 Å². The Labute approximate surface area is 173 Å². The number of rotatable bonds is 7. The van der Waals surface area contributed by atoms with Gasteiger partial charge < -0.3 is 25.8 Å². The molecule has 156 valence electrons. The number of nitrogens with one attached hydrogen (secondary N) is 1. The van der Waals surface area contributed by atoms with E-state index >= 15 is 0 Å². The maximum absolute atomic E-state index is 12.0. The van der Waals surface area contributed by atoms with E-state index in [4.69, 9.17) is 5.73 Å². The molecule has 0 saturated carbocycles. The van der Waals surface area contributed by atoms with Gasteiger partial charge in [0.2, 0.25) is 0 Å². The van der Waals surface area contributed by atoms with Gasteiger partial charge in [-0.15, -0.1) is 0 Å². The fraction of sp³-hybridized carbons (Fsp3) is 0.273. The predicted octanol–water partition coefficient (Wildman–Crippen LogP) is 2.14. The lowest BCUT2D eigenvalue weighted by Gasteiger charge is -2.23. The quantitative estimate of drug-likeness (QED) is 0.374. The van der Waals surface area contributed by atoms with Gasteiger partial charge in [0.15, 0.2) is 0 Å². The van der Waals surface area contributed by atoms with Gasteiger partial charge in [0, 0.05) is 35.9 Å². The molecule has 1 aromatic carbocycles. The van der Waals surface area contributed by atoms with Crippen molar-refractivity contribution in [3.63, 3.8) is 0 Å². The molecule has 0 bridgehead atoms. The Kier molecular flexibility index (Phi) is 5.19. The van der Waals surface area contributed by atoms with Gasteiger partial charge in [-0.3, -0.25) is 4.79 Å². The summed E-state index contributed by atoms with van der Waals surface area (Å²) in [4.78, 5) is 12.0. The van der Waals surface area contributed by atoms with Crippen LogP contribution in [0, 0.1) is 0 Å². The maximum atomic E-state index is 12.0. The molecule has 0 aliphatic rings. The second kappa shape index (κ2) is 7.81. The Morgan fingerprint density at radius 3 is 2.73 bits per heavy atom. The Morgan fingerprint density at radius 2 is 2.03 bits per heavy atom. The molecule has 8 nitrogen and oxygen atoms in total. The van der Waals surface area contributed by atoms with Crippen LogP contribution >= 0.6 is 0 Å². The first-order valence-electron chi connectivity index (χ1n) is 9.85. The summed E-state index contributed by atoms with van der Waals surface area (Å²) in [6.07, 6.45) is 4.96. The molecule has 4 rings (SSSR count). The van der Waals surface area contributed by atoms with Crippen molar-refractivity contribution >= 4 is 28.0 Å². The third kappa shape index (κ3) is 3.40. The average molecular weight is 407 g/mol. The lowest BCUT2D eigenvalue weighted by atomic mass is 10.1. The number of aliphatic hydroxyl groups is 2. The molecule has 3 aromatic heterocycles. The van der Waals surface area contributed by atoms with Crippen molar-refractivity contribution in [2.45, 2.75) is 25.5 Å². The smallest absolute Gasteiger partial charge is 0.252 e. The van der Waals surface area contributed by atoms with Gasteiger partial charge in [-0.2, -0.15) is 5.10 Å². The molecule has 4 aromatic rings.